The lowest BCUT2D eigenvalue weighted by atomic mass is 9.65. The predicted octanol–water partition coefficient (Wildman–Crippen LogP) is 4.28. The molecule has 0 saturated heterocycles. The standard InChI is InChI=1S/C24H30N2O2/c1-17(27)24(16-6-7-22(24)28)23(18-8-12-20(13-9-18)25(2)3)19-10-14-21(15-11-19)26(4)5/h8-15,23H,6-7,16H2,1-5H3. The van der Waals surface area contributed by atoms with Crippen molar-refractivity contribution in [1.82, 2.24) is 0 Å². The maximum absolute atomic E-state index is 13.0. The minimum Gasteiger partial charge on any atom is -0.378 e. The molecule has 0 amide bonds. The van der Waals surface area contributed by atoms with Crippen LogP contribution >= 0.6 is 0 Å². The third-order valence-electron chi connectivity index (χ3n) is 6.08. The zero-order valence-corrected chi connectivity index (χ0v) is 17.5. The molecule has 28 heavy (non-hydrogen) atoms. The van der Waals surface area contributed by atoms with E-state index in [0.717, 1.165) is 28.9 Å². The third-order valence-corrected chi connectivity index (χ3v) is 6.08. The molecule has 0 bridgehead atoms. The highest BCUT2D eigenvalue weighted by molar-refractivity contribution is 6.09. The molecule has 4 heteroatoms. The zero-order valence-electron chi connectivity index (χ0n) is 17.5. The second-order valence-corrected chi connectivity index (χ2v) is 8.21. The van der Waals surface area contributed by atoms with Crippen LogP contribution in [0.15, 0.2) is 48.5 Å². The lowest BCUT2D eigenvalue weighted by molar-refractivity contribution is -0.138. The average Bonchev–Trinajstić information content (AvgIpc) is 3.05. The van der Waals surface area contributed by atoms with E-state index in [1.165, 1.54) is 0 Å². The molecule has 1 atom stereocenters. The van der Waals surface area contributed by atoms with Crippen molar-refractivity contribution in [1.29, 1.82) is 0 Å². The Bertz CT molecular complexity index is 802. The van der Waals surface area contributed by atoms with E-state index < -0.39 is 5.41 Å². The molecule has 0 N–H and O–H groups in total. The molecule has 3 rings (SSSR count). The van der Waals surface area contributed by atoms with Crippen molar-refractivity contribution in [2.24, 2.45) is 5.41 Å². The normalized spacial score (nSPS) is 19.1. The first-order chi connectivity index (χ1) is 13.3. The SMILES string of the molecule is CC(=O)C1(C(c2ccc(N(C)C)cc2)c2ccc(N(C)C)cc2)CCCC1=O. The van der Waals surface area contributed by atoms with Crippen LogP contribution in [0.2, 0.25) is 0 Å². The highest BCUT2D eigenvalue weighted by atomic mass is 16.2. The summed E-state index contributed by atoms with van der Waals surface area (Å²) in [5, 5.41) is 0. The Labute approximate surface area is 168 Å². The van der Waals surface area contributed by atoms with E-state index in [2.05, 4.69) is 48.5 Å². The van der Waals surface area contributed by atoms with Crippen LogP contribution < -0.4 is 9.80 Å². The molecule has 1 fully saturated rings. The van der Waals surface area contributed by atoms with Gasteiger partial charge in [-0.15, -0.1) is 0 Å². The Kier molecular flexibility index (Phi) is 5.59. The van der Waals surface area contributed by atoms with E-state index in [1.807, 2.05) is 38.0 Å². The zero-order chi connectivity index (χ0) is 20.5. The number of Topliss-reactive ketones (excluding diaryl/α,β-unsaturated/α-hetero) is 2. The molecular formula is C24H30N2O2. The van der Waals surface area contributed by atoms with Crippen LogP contribution in [-0.4, -0.2) is 39.8 Å². The quantitative estimate of drug-likeness (QED) is 0.704. The van der Waals surface area contributed by atoms with Crippen molar-refractivity contribution in [2.45, 2.75) is 32.1 Å². The third kappa shape index (κ3) is 3.44. The van der Waals surface area contributed by atoms with E-state index in [-0.39, 0.29) is 17.5 Å². The summed E-state index contributed by atoms with van der Waals surface area (Å²) in [6.07, 6.45) is 1.89. The van der Waals surface area contributed by atoms with Crippen molar-refractivity contribution >= 4 is 22.9 Å². The number of benzene rings is 2. The monoisotopic (exact) mass is 378 g/mol. The Hall–Kier alpha value is -2.62. The summed E-state index contributed by atoms with van der Waals surface area (Å²) < 4.78 is 0. The fourth-order valence-electron chi connectivity index (χ4n) is 4.46. The van der Waals surface area contributed by atoms with Gasteiger partial charge in [0.25, 0.3) is 0 Å². The fourth-order valence-corrected chi connectivity index (χ4v) is 4.46. The molecule has 0 aromatic heterocycles. The van der Waals surface area contributed by atoms with E-state index in [1.54, 1.807) is 6.92 Å². The Morgan fingerprint density at radius 2 is 1.29 bits per heavy atom. The van der Waals surface area contributed by atoms with Gasteiger partial charge in [0.1, 0.15) is 11.6 Å². The summed E-state index contributed by atoms with van der Waals surface area (Å²) in [5.74, 6) is -0.195. The molecule has 1 unspecified atom stereocenters. The lowest BCUT2D eigenvalue weighted by Crippen LogP contribution is -2.40. The van der Waals surface area contributed by atoms with Gasteiger partial charge >= 0.3 is 0 Å². The highest BCUT2D eigenvalue weighted by Gasteiger charge is 2.52. The van der Waals surface area contributed by atoms with E-state index in [9.17, 15) is 9.59 Å². The maximum atomic E-state index is 13.0. The van der Waals surface area contributed by atoms with Gasteiger partial charge in [0, 0.05) is 51.9 Å². The second kappa shape index (κ2) is 7.78. The van der Waals surface area contributed by atoms with Gasteiger partial charge < -0.3 is 9.80 Å². The second-order valence-electron chi connectivity index (χ2n) is 8.21. The highest BCUT2D eigenvalue weighted by Crippen LogP contribution is 2.50. The first-order valence-corrected chi connectivity index (χ1v) is 9.86. The summed E-state index contributed by atoms with van der Waals surface area (Å²) in [6, 6.07) is 16.5. The van der Waals surface area contributed by atoms with Crippen LogP contribution in [0.5, 0.6) is 0 Å². The molecule has 148 valence electrons. The van der Waals surface area contributed by atoms with Gasteiger partial charge in [-0.1, -0.05) is 24.3 Å². The van der Waals surface area contributed by atoms with Gasteiger partial charge in [0.2, 0.25) is 0 Å². The number of carbonyl (C=O) groups excluding carboxylic acids is 2. The largest absolute Gasteiger partial charge is 0.378 e. The van der Waals surface area contributed by atoms with Gasteiger partial charge in [0.15, 0.2) is 0 Å². The van der Waals surface area contributed by atoms with Gasteiger partial charge in [-0.2, -0.15) is 0 Å². The van der Waals surface area contributed by atoms with Gasteiger partial charge in [-0.3, -0.25) is 9.59 Å². The first-order valence-electron chi connectivity index (χ1n) is 9.86. The summed E-state index contributed by atoms with van der Waals surface area (Å²) in [5.41, 5.74) is 3.28. The molecule has 4 nitrogen and oxygen atoms in total. The predicted molar refractivity (Wildman–Crippen MR) is 115 cm³/mol. The van der Waals surface area contributed by atoms with Crippen LogP contribution in [0.25, 0.3) is 0 Å². The number of ketones is 2. The summed E-state index contributed by atoms with van der Waals surface area (Å²) in [4.78, 5) is 30.0. The van der Waals surface area contributed by atoms with Gasteiger partial charge in [0.05, 0.1) is 5.41 Å². The van der Waals surface area contributed by atoms with Crippen LogP contribution in [0.4, 0.5) is 11.4 Å². The molecule has 2 aromatic rings. The van der Waals surface area contributed by atoms with Crippen LogP contribution in [-0.2, 0) is 9.59 Å². The molecule has 2 aromatic carbocycles. The van der Waals surface area contributed by atoms with E-state index in [0.29, 0.717) is 12.8 Å². The average molecular weight is 379 g/mol. The Balaban J connectivity index is 2.16. The number of hydrogen-bond donors (Lipinski definition) is 0. The van der Waals surface area contributed by atoms with E-state index in [4.69, 9.17) is 0 Å². The molecule has 0 radical (unpaired) electrons. The molecule has 0 heterocycles. The summed E-state index contributed by atoms with van der Waals surface area (Å²) >= 11 is 0. The van der Waals surface area contributed by atoms with Crippen LogP contribution in [0.1, 0.15) is 43.2 Å². The minimum atomic E-state index is -0.959. The molecule has 1 aliphatic rings. The maximum Gasteiger partial charge on any atom is 0.147 e. The number of anilines is 2. The number of rotatable bonds is 6. The summed E-state index contributed by atoms with van der Waals surface area (Å²) in [7, 11) is 8.02. The molecule has 0 aliphatic heterocycles. The van der Waals surface area contributed by atoms with Crippen molar-refractivity contribution < 1.29 is 9.59 Å². The van der Waals surface area contributed by atoms with Crippen molar-refractivity contribution in [3.05, 3.63) is 59.7 Å². The van der Waals surface area contributed by atoms with Crippen molar-refractivity contribution in [3.63, 3.8) is 0 Å². The number of carbonyl (C=O) groups is 2. The molecular weight excluding hydrogens is 348 g/mol. The smallest absolute Gasteiger partial charge is 0.147 e. The van der Waals surface area contributed by atoms with Crippen LogP contribution in [0.3, 0.4) is 0 Å². The number of hydrogen-bond acceptors (Lipinski definition) is 4. The van der Waals surface area contributed by atoms with E-state index >= 15 is 0 Å². The summed E-state index contributed by atoms with van der Waals surface area (Å²) in [6.45, 7) is 1.58. The lowest BCUT2D eigenvalue weighted by Gasteiger charge is -2.35. The van der Waals surface area contributed by atoms with Crippen molar-refractivity contribution in [3.8, 4) is 0 Å². The first kappa shape index (κ1) is 20.1. The van der Waals surface area contributed by atoms with Gasteiger partial charge in [-0.25, -0.2) is 0 Å². The Morgan fingerprint density at radius 1 is 0.857 bits per heavy atom. The topological polar surface area (TPSA) is 40.6 Å². The molecule has 0 spiro atoms. The van der Waals surface area contributed by atoms with Gasteiger partial charge in [-0.05, 0) is 55.2 Å². The van der Waals surface area contributed by atoms with Crippen LogP contribution in [0, 0.1) is 5.41 Å². The number of nitrogens with zero attached hydrogens (tertiary/aromatic N) is 2. The molecule has 1 aliphatic carbocycles. The minimum absolute atomic E-state index is 0.0200. The Morgan fingerprint density at radius 3 is 1.57 bits per heavy atom. The van der Waals surface area contributed by atoms with Crippen molar-refractivity contribution in [2.75, 3.05) is 38.0 Å². The molecule has 1 saturated carbocycles. The fraction of sp³-hybridized carbons (Fsp3) is 0.417.